The van der Waals surface area contributed by atoms with E-state index in [0.717, 1.165) is 5.56 Å². The summed E-state index contributed by atoms with van der Waals surface area (Å²) in [6.45, 7) is 2.47. The van der Waals surface area contributed by atoms with Gasteiger partial charge in [0.1, 0.15) is 11.1 Å². The van der Waals surface area contributed by atoms with Crippen LogP contribution < -0.4 is 4.90 Å². The summed E-state index contributed by atoms with van der Waals surface area (Å²) in [5.74, 6) is 0.226. The summed E-state index contributed by atoms with van der Waals surface area (Å²) in [6, 6.07) is 25.2. The van der Waals surface area contributed by atoms with Crippen LogP contribution in [0.4, 0.5) is 10.3 Å². The van der Waals surface area contributed by atoms with Gasteiger partial charge in [-0.1, -0.05) is 78.5 Å². The van der Waals surface area contributed by atoms with E-state index < -0.39 is 5.25 Å². The average Bonchev–Trinajstić information content (AvgIpc) is 3.32. The summed E-state index contributed by atoms with van der Waals surface area (Å²) >= 11 is 1.32. The highest BCUT2D eigenvalue weighted by Crippen LogP contribution is 2.39. The van der Waals surface area contributed by atoms with Gasteiger partial charge in [0.05, 0.1) is 18.9 Å². The third-order valence-corrected chi connectivity index (χ3v) is 6.80. The average molecular weight is 475 g/mol. The third kappa shape index (κ3) is 4.73. The summed E-state index contributed by atoms with van der Waals surface area (Å²) in [5, 5.41) is 8.89. The fourth-order valence-corrected chi connectivity index (χ4v) is 5.04. The molecule has 0 bridgehead atoms. The molecule has 172 valence electrons. The number of aromatic nitrogens is 3. The van der Waals surface area contributed by atoms with Crippen molar-refractivity contribution < 1.29 is 13.9 Å². The Morgan fingerprint density at radius 2 is 1.62 bits per heavy atom. The molecule has 5 rings (SSSR count). The molecule has 4 aromatic rings. The van der Waals surface area contributed by atoms with Gasteiger partial charge in [0, 0.05) is 18.7 Å². The third-order valence-electron chi connectivity index (χ3n) is 5.60. The SMILES string of the molecule is O=C(c1ccccc1)[C@H](Sc1nnc(N2CCOCC2)n1-c1cccc(F)c1)c1ccccc1. The first-order valence-electron chi connectivity index (χ1n) is 11.1. The van der Waals surface area contributed by atoms with Crippen LogP contribution in [-0.4, -0.2) is 46.9 Å². The van der Waals surface area contributed by atoms with Gasteiger partial charge in [-0.05, 0) is 23.8 Å². The van der Waals surface area contributed by atoms with E-state index in [4.69, 9.17) is 4.74 Å². The Balaban J connectivity index is 1.58. The highest BCUT2D eigenvalue weighted by molar-refractivity contribution is 8.00. The normalized spacial score (nSPS) is 14.7. The van der Waals surface area contributed by atoms with Crippen molar-refractivity contribution in [1.29, 1.82) is 0 Å². The number of thioether (sulfide) groups is 1. The molecule has 34 heavy (non-hydrogen) atoms. The first kappa shape index (κ1) is 22.3. The van der Waals surface area contributed by atoms with Crippen LogP contribution in [0.3, 0.4) is 0 Å². The monoisotopic (exact) mass is 474 g/mol. The topological polar surface area (TPSA) is 60.3 Å². The van der Waals surface area contributed by atoms with E-state index in [2.05, 4.69) is 15.1 Å². The first-order valence-corrected chi connectivity index (χ1v) is 11.9. The minimum absolute atomic E-state index is 0.0292. The van der Waals surface area contributed by atoms with E-state index in [0.29, 0.717) is 48.7 Å². The quantitative estimate of drug-likeness (QED) is 0.279. The molecule has 0 amide bonds. The molecular weight excluding hydrogens is 451 g/mol. The van der Waals surface area contributed by atoms with Crippen LogP contribution in [-0.2, 0) is 4.74 Å². The first-order chi connectivity index (χ1) is 16.7. The number of carbonyl (C=O) groups is 1. The lowest BCUT2D eigenvalue weighted by molar-refractivity contribution is 0.0989. The Bertz CT molecular complexity index is 1260. The number of hydrogen-bond acceptors (Lipinski definition) is 6. The summed E-state index contributed by atoms with van der Waals surface area (Å²) in [4.78, 5) is 15.7. The van der Waals surface area contributed by atoms with Gasteiger partial charge in [0.2, 0.25) is 5.95 Å². The van der Waals surface area contributed by atoms with Gasteiger partial charge in [-0.25, -0.2) is 4.39 Å². The Morgan fingerprint density at radius 3 is 2.32 bits per heavy atom. The van der Waals surface area contributed by atoms with Crippen LogP contribution >= 0.6 is 11.8 Å². The second kappa shape index (κ2) is 10.2. The number of hydrogen-bond donors (Lipinski definition) is 0. The summed E-state index contributed by atoms with van der Waals surface area (Å²) in [5.41, 5.74) is 2.09. The van der Waals surface area contributed by atoms with Gasteiger partial charge in [-0.15, -0.1) is 10.2 Å². The Hall–Kier alpha value is -3.49. The minimum Gasteiger partial charge on any atom is -0.378 e. The van der Waals surface area contributed by atoms with Crippen LogP contribution in [0.2, 0.25) is 0 Å². The van der Waals surface area contributed by atoms with Crippen molar-refractivity contribution in [2.45, 2.75) is 10.4 Å². The van der Waals surface area contributed by atoms with Crippen LogP contribution in [0.25, 0.3) is 5.69 Å². The van der Waals surface area contributed by atoms with E-state index in [-0.39, 0.29) is 11.6 Å². The number of nitrogens with zero attached hydrogens (tertiary/aromatic N) is 4. The zero-order chi connectivity index (χ0) is 23.3. The van der Waals surface area contributed by atoms with E-state index in [9.17, 15) is 9.18 Å². The molecule has 0 aliphatic carbocycles. The fourth-order valence-electron chi connectivity index (χ4n) is 3.91. The summed E-state index contributed by atoms with van der Waals surface area (Å²) < 4.78 is 21.5. The van der Waals surface area contributed by atoms with Crippen molar-refractivity contribution in [1.82, 2.24) is 14.8 Å². The maximum Gasteiger partial charge on any atom is 0.232 e. The highest BCUT2D eigenvalue weighted by Gasteiger charge is 2.28. The van der Waals surface area contributed by atoms with Gasteiger partial charge < -0.3 is 9.64 Å². The standard InChI is InChI=1S/C26H23FN4O2S/c27-21-12-7-13-22(18-21)31-25(30-14-16-33-17-15-30)28-29-26(31)34-24(20-10-5-2-6-11-20)23(32)19-8-3-1-4-9-19/h1-13,18,24H,14-17H2/t24-/m1/s1. The van der Waals surface area contributed by atoms with Crippen molar-refractivity contribution in [2.75, 3.05) is 31.2 Å². The van der Waals surface area contributed by atoms with Gasteiger partial charge in [-0.3, -0.25) is 9.36 Å². The van der Waals surface area contributed by atoms with E-state index in [1.165, 1.54) is 23.9 Å². The van der Waals surface area contributed by atoms with Gasteiger partial charge >= 0.3 is 0 Å². The molecule has 0 radical (unpaired) electrons. The molecule has 0 saturated carbocycles. The lowest BCUT2D eigenvalue weighted by Crippen LogP contribution is -2.37. The summed E-state index contributed by atoms with van der Waals surface area (Å²) in [7, 11) is 0. The van der Waals surface area contributed by atoms with Crippen LogP contribution in [0, 0.1) is 5.82 Å². The van der Waals surface area contributed by atoms with Crippen molar-refractivity contribution in [3.05, 3.63) is 102 Å². The van der Waals surface area contributed by atoms with E-state index in [1.54, 1.807) is 6.07 Å². The molecule has 3 aromatic carbocycles. The molecule has 8 heteroatoms. The molecule has 0 N–H and O–H groups in total. The Labute approximate surface area is 201 Å². The second-order valence-electron chi connectivity index (χ2n) is 7.84. The molecule has 0 spiro atoms. The van der Waals surface area contributed by atoms with Gasteiger partial charge in [0.15, 0.2) is 10.9 Å². The number of benzene rings is 3. The lowest BCUT2D eigenvalue weighted by Gasteiger charge is -2.28. The second-order valence-corrected chi connectivity index (χ2v) is 8.91. The molecule has 1 fully saturated rings. The molecule has 1 aliphatic heterocycles. The van der Waals surface area contributed by atoms with Crippen molar-refractivity contribution in [3.63, 3.8) is 0 Å². The molecule has 1 aromatic heterocycles. The summed E-state index contributed by atoms with van der Waals surface area (Å²) in [6.07, 6.45) is 0. The molecule has 1 aliphatic rings. The molecule has 1 atom stereocenters. The lowest BCUT2D eigenvalue weighted by atomic mass is 10.0. The Morgan fingerprint density at radius 1 is 0.912 bits per heavy atom. The van der Waals surface area contributed by atoms with E-state index >= 15 is 0 Å². The Kier molecular flexibility index (Phi) is 6.69. The molecule has 2 heterocycles. The van der Waals surface area contributed by atoms with Crippen molar-refractivity contribution in [3.8, 4) is 5.69 Å². The zero-order valence-electron chi connectivity index (χ0n) is 18.4. The van der Waals surface area contributed by atoms with Crippen LogP contribution in [0.15, 0.2) is 90.1 Å². The number of Topliss-reactive ketones (excluding diaryl/α,β-unsaturated/α-hetero) is 1. The maximum atomic E-state index is 14.2. The molecule has 0 unspecified atom stereocenters. The number of carbonyl (C=O) groups excluding carboxylic acids is 1. The predicted molar refractivity (Wildman–Crippen MR) is 130 cm³/mol. The zero-order valence-corrected chi connectivity index (χ0v) is 19.2. The number of ketones is 1. The van der Waals surface area contributed by atoms with Crippen LogP contribution in [0.1, 0.15) is 21.2 Å². The largest absolute Gasteiger partial charge is 0.378 e. The number of morpholine rings is 1. The molecule has 6 nitrogen and oxygen atoms in total. The van der Waals surface area contributed by atoms with Crippen LogP contribution in [0.5, 0.6) is 0 Å². The highest BCUT2D eigenvalue weighted by atomic mass is 32.2. The fraction of sp³-hybridized carbons (Fsp3) is 0.192. The van der Waals surface area contributed by atoms with Gasteiger partial charge in [-0.2, -0.15) is 0 Å². The number of anilines is 1. The van der Waals surface area contributed by atoms with Crippen molar-refractivity contribution in [2.24, 2.45) is 0 Å². The van der Waals surface area contributed by atoms with Gasteiger partial charge in [0.25, 0.3) is 0 Å². The molecular formula is C26H23FN4O2S. The molecule has 1 saturated heterocycles. The number of ether oxygens (including phenoxy) is 1. The maximum absolute atomic E-state index is 14.2. The number of rotatable bonds is 7. The minimum atomic E-state index is -0.544. The van der Waals surface area contributed by atoms with Crippen molar-refractivity contribution >= 4 is 23.5 Å². The number of halogens is 1. The smallest absolute Gasteiger partial charge is 0.232 e. The van der Waals surface area contributed by atoms with E-state index in [1.807, 2.05) is 71.3 Å². The predicted octanol–water partition coefficient (Wildman–Crippen LogP) is 4.96.